The van der Waals surface area contributed by atoms with Gasteiger partial charge in [0.05, 0.1) is 19.8 Å². The number of aliphatic hydroxyl groups is 1. The fourth-order valence-corrected chi connectivity index (χ4v) is 3.72. The molecule has 2 aromatic heterocycles. The van der Waals surface area contributed by atoms with Crippen LogP contribution in [-0.2, 0) is 11.3 Å². The van der Waals surface area contributed by atoms with E-state index in [-0.39, 0.29) is 30.7 Å². The third-order valence-electron chi connectivity index (χ3n) is 5.15. The Hall–Kier alpha value is -2.78. The molecule has 0 saturated carbocycles. The summed E-state index contributed by atoms with van der Waals surface area (Å²) in [6.45, 7) is 4.38. The van der Waals surface area contributed by atoms with E-state index in [1.165, 1.54) is 19.2 Å². The number of aliphatic hydroxyl groups excluding tert-OH is 1. The normalized spacial score (nSPS) is 21.6. The van der Waals surface area contributed by atoms with Gasteiger partial charge in [-0.25, -0.2) is 9.37 Å². The topological polar surface area (TPSA) is 94.3 Å². The molecule has 1 aromatic carbocycles. The molecule has 3 atom stereocenters. The maximum absolute atomic E-state index is 13.1. The Balaban J connectivity index is 1.69. The van der Waals surface area contributed by atoms with Crippen LogP contribution in [0.1, 0.15) is 31.0 Å². The van der Waals surface area contributed by atoms with Crippen molar-refractivity contribution in [2.24, 2.45) is 5.92 Å². The minimum Gasteiger partial charge on any atom is -0.479 e. The highest BCUT2D eigenvalue weighted by Crippen LogP contribution is 2.37. The Morgan fingerprint density at radius 2 is 2.03 bits per heavy atom. The van der Waals surface area contributed by atoms with E-state index in [4.69, 9.17) is 9.47 Å². The molecule has 3 aromatic rings. The van der Waals surface area contributed by atoms with E-state index in [1.807, 2.05) is 11.5 Å². The highest BCUT2D eigenvalue weighted by Gasteiger charge is 2.35. The van der Waals surface area contributed by atoms with Gasteiger partial charge in [0.2, 0.25) is 11.8 Å². The minimum atomic E-state index is -0.278. The first-order chi connectivity index (χ1) is 14.0. The van der Waals surface area contributed by atoms with Crippen LogP contribution in [0.4, 0.5) is 10.3 Å². The molecule has 2 N–H and O–H groups in total. The molecule has 0 aliphatic carbocycles. The lowest BCUT2D eigenvalue weighted by Gasteiger charge is -2.19. The van der Waals surface area contributed by atoms with Crippen LogP contribution in [0, 0.1) is 18.7 Å². The van der Waals surface area contributed by atoms with Gasteiger partial charge in [0.25, 0.3) is 0 Å². The average molecular weight is 401 g/mol. The standard InChI is InChI=1S/C20H24FN5O3/c1-11-8-15(10-27)29-19(11)26-12(2)23-16-17(26)24-20(25-18(16)28-3)22-9-13-4-6-14(21)7-5-13/h4-7,11,15,19,27H,8-10H2,1-3H3,(H,22,24,25). The van der Waals surface area contributed by atoms with Gasteiger partial charge in [0, 0.05) is 12.5 Å². The molecule has 3 heterocycles. The van der Waals surface area contributed by atoms with Crippen molar-refractivity contribution in [3.8, 4) is 5.88 Å². The Morgan fingerprint density at radius 1 is 1.28 bits per heavy atom. The summed E-state index contributed by atoms with van der Waals surface area (Å²) in [6.07, 6.45) is 0.284. The van der Waals surface area contributed by atoms with E-state index in [2.05, 4.69) is 27.2 Å². The second kappa shape index (κ2) is 7.92. The number of anilines is 1. The number of fused-ring (bicyclic) bond motifs is 1. The van der Waals surface area contributed by atoms with Crippen molar-refractivity contribution in [3.05, 3.63) is 41.5 Å². The van der Waals surface area contributed by atoms with Crippen LogP contribution in [0.15, 0.2) is 24.3 Å². The van der Waals surface area contributed by atoms with E-state index in [0.29, 0.717) is 29.5 Å². The predicted molar refractivity (Wildman–Crippen MR) is 105 cm³/mol. The van der Waals surface area contributed by atoms with Crippen LogP contribution in [0.2, 0.25) is 0 Å². The van der Waals surface area contributed by atoms with Crippen LogP contribution < -0.4 is 10.1 Å². The van der Waals surface area contributed by atoms with E-state index in [9.17, 15) is 9.50 Å². The molecule has 1 fully saturated rings. The largest absolute Gasteiger partial charge is 0.479 e. The van der Waals surface area contributed by atoms with Crippen molar-refractivity contribution in [2.45, 2.75) is 39.1 Å². The second-order valence-electron chi connectivity index (χ2n) is 7.28. The van der Waals surface area contributed by atoms with Gasteiger partial charge >= 0.3 is 0 Å². The number of hydrogen-bond acceptors (Lipinski definition) is 7. The van der Waals surface area contributed by atoms with E-state index in [1.54, 1.807) is 12.1 Å². The molecular formula is C20H24FN5O3. The molecule has 9 heteroatoms. The van der Waals surface area contributed by atoms with E-state index in [0.717, 1.165) is 17.8 Å². The van der Waals surface area contributed by atoms with Gasteiger partial charge in [-0.05, 0) is 31.0 Å². The number of aryl methyl sites for hydroxylation is 1. The molecule has 29 heavy (non-hydrogen) atoms. The second-order valence-corrected chi connectivity index (χ2v) is 7.28. The number of halogens is 1. The maximum Gasteiger partial charge on any atom is 0.246 e. The van der Waals surface area contributed by atoms with E-state index >= 15 is 0 Å². The van der Waals surface area contributed by atoms with Crippen LogP contribution in [-0.4, -0.2) is 44.4 Å². The summed E-state index contributed by atoms with van der Waals surface area (Å²) in [5.74, 6) is 1.39. The van der Waals surface area contributed by atoms with Gasteiger partial charge in [0.1, 0.15) is 17.9 Å². The quantitative estimate of drug-likeness (QED) is 0.656. The molecule has 0 spiro atoms. The Bertz CT molecular complexity index is 1010. The highest BCUT2D eigenvalue weighted by molar-refractivity contribution is 5.78. The van der Waals surface area contributed by atoms with Gasteiger partial charge < -0.3 is 19.9 Å². The van der Waals surface area contributed by atoms with Crippen LogP contribution in [0.25, 0.3) is 11.2 Å². The number of benzene rings is 1. The number of rotatable bonds is 6. The third kappa shape index (κ3) is 3.75. The van der Waals surface area contributed by atoms with Crippen molar-refractivity contribution in [1.29, 1.82) is 0 Å². The van der Waals surface area contributed by atoms with Crippen molar-refractivity contribution >= 4 is 17.1 Å². The molecule has 1 saturated heterocycles. The maximum atomic E-state index is 13.1. The molecule has 0 bridgehead atoms. The molecule has 3 unspecified atom stereocenters. The summed E-state index contributed by atoms with van der Waals surface area (Å²) < 4.78 is 26.5. The molecule has 0 radical (unpaired) electrons. The SMILES string of the molecule is COc1nc(NCc2ccc(F)cc2)nc2c1nc(C)n2C1OC(CO)CC1C. The Labute approximate surface area is 167 Å². The summed E-state index contributed by atoms with van der Waals surface area (Å²) in [4.78, 5) is 13.6. The number of ether oxygens (including phenoxy) is 2. The van der Waals surface area contributed by atoms with Gasteiger partial charge in [-0.2, -0.15) is 9.97 Å². The van der Waals surface area contributed by atoms with Gasteiger partial charge in [-0.1, -0.05) is 19.1 Å². The zero-order valence-electron chi connectivity index (χ0n) is 16.6. The monoisotopic (exact) mass is 401 g/mol. The number of hydrogen-bond donors (Lipinski definition) is 2. The number of nitrogens with one attached hydrogen (secondary N) is 1. The van der Waals surface area contributed by atoms with Crippen LogP contribution >= 0.6 is 0 Å². The summed E-state index contributed by atoms with van der Waals surface area (Å²) in [5.41, 5.74) is 2.06. The first-order valence-corrected chi connectivity index (χ1v) is 9.55. The molecular weight excluding hydrogens is 377 g/mol. The van der Waals surface area contributed by atoms with Crippen molar-refractivity contribution in [1.82, 2.24) is 19.5 Å². The lowest BCUT2D eigenvalue weighted by molar-refractivity contribution is -0.0303. The lowest BCUT2D eigenvalue weighted by Crippen LogP contribution is -2.17. The molecule has 8 nitrogen and oxygen atoms in total. The summed E-state index contributed by atoms with van der Waals surface area (Å²) in [5, 5.41) is 12.6. The molecule has 1 aliphatic rings. The summed E-state index contributed by atoms with van der Waals surface area (Å²) in [7, 11) is 1.54. The fourth-order valence-electron chi connectivity index (χ4n) is 3.72. The number of aromatic nitrogens is 4. The van der Waals surface area contributed by atoms with Crippen molar-refractivity contribution < 1.29 is 19.0 Å². The minimum absolute atomic E-state index is 0.0186. The van der Waals surface area contributed by atoms with Crippen LogP contribution in [0.3, 0.4) is 0 Å². The first kappa shape index (κ1) is 19.5. The van der Waals surface area contributed by atoms with Crippen LogP contribution in [0.5, 0.6) is 5.88 Å². The third-order valence-corrected chi connectivity index (χ3v) is 5.15. The summed E-state index contributed by atoms with van der Waals surface area (Å²) in [6, 6.07) is 6.23. The van der Waals surface area contributed by atoms with Crippen molar-refractivity contribution in [3.63, 3.8) is 0 Å². The van der Waals surface area contributed by atoms with Gasteiger partial charge in [0.15, 0.2) is 11.2 Å². The smallest absolute Gasteiger partial charge is 0.246 e. The van der Waals surface area contributed by atoms with Gasteiger partial charge in [-0.3, -0.25) is 4.57 Å². The average Bonchev–Trinajstić information content (AvgIpc) is 3.25. The van der Waals surface area contributed by atoms with Crippen molar-refractivity contribution in [2.75, 3.05) is 19.0 Å². The number of imidazole rings is 1. The van der Waals surface area contributed by atoms with E-state index < -0.39 is 0 Å². The lowest BCUT2D eigenvalue weighted by atomic mass is 10.1. The molecule has 154 valence electrons. The zero-order valence-corrected chi connectivity index (χ0v) is 16.6. The Kier molecular flexibility index (Phi) is 5.33. The molecule has 1 aliphatic heterocycles. The van der Waals surface area contributed by atoms with Gasteiger partial charge in [-0.15, -0.1) is 0 Å². The Morgan fingerprint density at radius 3 is 2.69 bits per heavy atom. The highest BCUT2D eigenvalue weighted by atomic mass is 19.1. The predicted octanol–water partition coefficient (Wildman–Crippen LogP) is 2.81. The zero-order chi connectivity index (χ0) is 20.5. The summed E-state index contributed by atoms with van der Waals surface area (Å²) >= 11 is 0. The molecule has 0 amide bonds. The fraction of sp³-hybridized carbons (Fsp3) is 0.450. The first-order valence-electron chi connectivity index (χ1n) is 9.55. The molecule has 4 rings (SSSR count). The number of methoxy groups -OCH3 is 1. The number of nitrogens with zero attached hydrogens (tertiary/aromatic N) is 4.